The van der Waals surface area contributed by atoms with Crippen LogP contribution in [-0.4, -0.2) is 0 Å². The van der Waals surface area contributed by atoms with Crippen molar-refractivity contribution in [3.8, 4) is 6.07 Å². The van der Waals surface area contributed by atoms with Crippen molar-refractivity contribution in [3.63, 3.8) is 0 Å². The number of rotatable bonds is 1. The fourth-order valence-corrected chi connectivity index (χ4v) is 2.16. The van der Waals surface area contributed by atoms with Gasteiger partial charge < -0.3 is 0 Å². The summed E-state index contributed by atoms with van der Waals surface area (Å²) in [4.78, 5) is 0. The molecule has 1 aliphatic rings. The fraction of sp³-hybridized carbons (Fsp3) is 0.417. The lowest BCUT2D eigenvalue weighted by molar-refractivity contribution is 0.695. The topological polar surface area (TPSA) is 23.8 Å². The smallest absolute Gasteiger partial charge is 0.0628 e. The molecule has 0 bridgehead atoms. The van der Waals surface area contributed by atoms with Crippen LogP contribution in [0.4, 0.5) is 0 Å². The second-order valence-corrected chi connectivity index (χ2v) is 3.80. The molecule has 0 spiro atoms. The minimum Gasteiger partial charge on any atom is -0.198 e. The summed E-state index contributed by atoms with van der Waals surface area (Å²) in [7, 11) is 0. The lowest BCUT2D eigenvalue weighted by Crippen LogP contribution is -1.91. The first-order valence-electron chi connectivity index (χ1n) is 4.77. The molecule has 1 aromatic carbocycles. The molecule has 1 aliphatic carbocycles. The standard InChI is InChI=1S/C12H13N/c1-9-2-5-12-10(6-7-13)3-4-11(12)8-9/h2,5,8,10H,3-4,6H2,1H3. The summed E-state index contributed by atoms with van der Waals surface area (Å²) >= 11 is 0. The van der Waals surface area contributed by atoms with E-state index < -0.39 is 0 Å². The van der Waals surface area contributed by atoms with Crippen molar-refractivity contribution in [2.24, 2.45) is 0 Å². The van der Waals surface area contributed by atoms with Gasteiger partial charge in [0, 0.05) is 6.42 Å². The molecule has 1 atom stereocenters. The molecule has 13 heavy (non-hydrogen) atoms. The molecule has 0 saturated carbocycles. The summed E-state index contributed by atoms with van der Waals surface area (Å²) in [5, 5.41) is 8.66. The molecule has 1 nitrogen and oxygen atoms in total. The highest BCUT2D eigenvalue weighted by atomic mass is 14.3. The predicted molar refractivity (Wildman–Crippen MR) is 52.5 cm³/mol. The summed E-state index contributed by atoms with van der Waals surface area (Å²) in [6, 6.07) is 8.86. The zero-order valence-corrected chi connectivity index (χ0v) is 7.88. The van der Waals surface area contributed by atoms with Crippen molar-refractivity contribution < 1.29 is 0 Å². The molecule has 66 valence electrons. The Kier molecular flexibility index (Phi) is 2.06. The third-order valence-electron chi connectivity index (χ3n) is 2.84. The summed E-state index contributed by atoms with van der Waals surface area (Å²) in [6.07, 6.45) is 2.99. The highest BCUT2D eigenvalue weighted by molar-refractivity contribution is 5.38. The quantitative estimate of drug-likeness (QED) is 0.637. The zero-order valence-electron chi connectivity index (χ0n) is 7.88. The van der Waals surface area contributed by atoms with Gasteiger partial charge in [0.15, 0.2) is 0 Å². The molecule has 0 saturated heterocycles. The lowest BCUT2D eigenvalue weighted by Gasteiger charge is -2.06. The van der Waals surface area contributed by atoms with E-state index in [-0.39, 0.29) is 0 Å². The van der Waals surface area contributed by atoms with Crippen molar-refractivity contribution in [2.75, 3.05) is 0 Å². The average Bonchev–Trinajstić information content (AvgIpc) is 2.49. The normalized spacial score (nSPS) is 19.5. The van der Waals surface area contributed by atoms with Crippen LogP contribution in [0.25, 0.3) is 0 Å². The van der Waals surface area contributed by atoms with Crippen LogP contribution in [0.5, 0.6) is 0 Å². The van der Waals surface area contributed by atoms with E-state index in [1.807, 2.05) is 0 Å². The van der Waals surface area contributed by atoms with Crippen LogP contribution in [-0.2, 0) is 6.42 Å². The van der Waals surface area contributed by atoms with Gasteiger partial charge in [0.05, 0.1) is 6.07 Å². The predicted octanol–water partition coefficient (Wildman–Crippen LogP) is 2.94. The first kappa shape index (κ1) is 8.31. The number of nitrogens with zero attached hydrogens (tertiary/aromatic N) is 1. The first-order valence-corrected chi connectivity index (χ1v) is 4.77. The number of hydrogen-bond donors (Lipinski definition) is 0. The Labute approximate surface area is 79.0 Å². The van der Waals surface area contributed by atoms with E-state index in [1.54, 1.807) is 0 Å². The highest BCUT2D eigenvalue weighted by Gasteiger charge is 2.21. The van der Waals surface area contributed by atoms with Crippen molar-refractivity contribution >= 4 is 0 Å². The number of fused-ring (bicyclic) bond motifs is 1. The number of benzene rings is 1. The molecule has 1 aromatic rings. The fourth-order valence-electron chi connectivity index (χ4n) is 2.16. The Bertz CT molecular complexity index is 360. The summed E-state index contributed by atoms with van der Waals surface area (Å²) < 4.78 is 0. The van der Waals surface area contributed by atoms with Gasteiger partial charge in [0.1, 0.15) is 0 Å². The van der Waals surface area contributed by atoms with Crippen LogP contribution < -0.4 is 0 Å². The Balaban J connectivity index is 2.34. The van der Waals surface area contributed by atoms with Crippen LogP contribution in [0.3, 0.4) is 0 Å². The third kappa shape index (κ3) is 1.45. The van der Waals surface area contributed by atoms with Crippen molar-refractivity contribution in [1.82, 2.24) is 0 Å². The lowest BCUT2D eigenvalue weighted by atomic mass is 9.98. The minimum atomic E-state index is 0.501. The summed E-state index contributed by atoms with van der Waals surface area (Å²) in [5.41, 5.74) is 4.20. The van der Waals surface area contributed by atoms with Crippen LogP contribution >= 0.6 is 0 Å². The van der Waals surface area contributed by atoms with E-state index in [9.17, 15) is 0 Å². The maximum atomic E-state index is 8.66. The van der Waals surface area contributed by atoms with E-state index in [0.29, 0.717) is 12.3 Å². The van der Waals surface area contributed by atoms with Crippen LogP contribution in [0.15, 0.2) is 18.2 Å². The minimum absolute atomic E-state index is 0.501. The molecular formula is C12H13N. The Morgan fingerprint density at radius 1 is 1.54 bits per heavy atom. The van der Waals surface area contributed by atoms with Gasteiger partial charge in [-0.05, 0) is 36.8 Å². The van der Waals surface area contributed by atoms with Crippen molar-refractivity contribution in [2.45, 2.75) is 32.1 Å². The van der Waals surface area contributed by atoms with Gasteiger partial charge in [-0.2, -0.15) is 5.26 Å². The summed E-state index contributed by atoms with van der Waals surface area (Å²) in [5.74, 6) is 0.501. The van der Waals surface area contributed by atoms with Gasteiger partial charge in [-0.25, -0.2) is 0 Å². The Morgan fingerprint density at radius 3 is 3.15 bits per heavy atom. The average molecular weight is 171 g/mol. The van der Waals surface area contributed by atoms with E-state index >= 15 is 0 Å². The number of nitriles is 1. The molecule has 0 aromatic heterocycles. The molecule has 0 aliphatic heterocycles. The van der Waals surface area contributed by atoms with E-state index in [1.165, 1.54) is 16.7 Å². The molecule has 1 heteroatoms. The third-order valence-corrected chi connectivity index (χ3v) is 2.84. The monoisotopic (exact) mass is 171 g/mol. The van der Waals surface area contributed by atoms with E-state index in [2.05, 4.69) is 31.2 Å². The van der Waals surface area contributed by atoms with Gasteiger partial charge in [-0.1, -0.05) is 23.8 Å². The number of hydrogen-bond acceptors (Lipinski definition) is 1. The van der Waals surface area contributed by atoms with Gasteiger partial charge in [-0.3, -0.25) is 0 Å². The second kappa shape index (κ2) is 3.22. The van der Waals surface area contributed by atoms with Gasteiger partial charge >= 0.3 is 0 Å². The van der Waals surface area contributed by atoms with E-state index in [4.69, 9.17) is 5.26 Å². The SMILES string of the molecule is Cc1ccc2c(c1)CCC2CC#N. The first-order chi connectivity index (χ1) is 6.31. The number of aryl methyl sites for hydroxylation is 2. The maximum Gasteiger partial charge on any atom is 0.0628 e. The zero-order chi connectivity index (χ0) is 9.26. The van der Waals surface area contributed by atoms with Crippen LogP contribution in [0, 0.1) is 18.3 Å². The molecule has 0 fully saturated rings. The van der Waals surface area contributed by atoms with Crippen molar-refractivity contribution in [3.05, 3.63) is 34.9 Å². The molecule has 0 N–H and O–H groups in total. The maximum absolute atomic E-state index is 8.66. The Morgan fingerprint density at radius 2 is 2.38 bits per heavy atom. The molecule has 1 unspecified atom stereocenters. The van der Waals surface area contributed by atoms with Crippen LogP contribution in [0.2, 0.25) is 0 Å². The highest BCUT2D eigenvalue weighted by Crippen LogP contribution is 2.35. The molecular weight excluding hydrogens is 158 g/mol. The molecule has 0 heterocycles. The molecule has 2 rings (SSSR count). The van der Waals surface area contributed by atoms with E-state index in [0.717, 1.165) is 12.8 Å². The second-order valence-electron chi connectivity index (χ2n) is 3.80. The Hall–Kier alpha value is -1.29. The van der Waals surface area contributed by atoms with Crippen molar-refractivity contribution in [1.29, 1.82) is 5.26 Å². The largest absolute Gasteiger partial charge is 0.198 e. The summed E-state index contributed by atoms with van der Waals surface area (Å²) in [6.45, 7) is 2.12. The van der Waals surface area contributed by atoms with Gasteiger partial charge in [0.2, 0.25) is 0 Å². The molecule has 0 amide bonds. The van der Waals surface area contributed by atoms with Gasteiger partial charge in [0.25, 0.3) is 0 Å². The molecule has 0 radical (unpaired) electrons. The van der Waals surface area contributed by atoms with Gasteiger partial charge in [-0.15, -0.1) is 0 Å². The van der Waals surface area contributed by atoms with Crippen LogP contribution in [0.1, 0.15) is 35.4 Å².